The molecule has 1 aromatic rings. The van der Waals surface area contributed by atoms with Crippen molar-refractivity contribution in [2.24, 2.45) is 0 Å². The van der Waals surface area contributed by atoms with Gasteiger partial charge in [0, 0.05) is 32.2 Å². The molecule has 0 heterocycles. The number of hydrogen-bond acceptors (Lipinski definition) is 2. The summed E-state index contributed by atoms with van der Waals surface area (Å²) in [6.45, 7) is -0.144. The maximum absolute atomic E-state index is 13.8. The molecule has 1 saturated carbocycles. The van der Waals surface area contributed by atoms with Crippen molar-refractivity contribution in [1.82, 2.24) is 8.61 Å². The van der Waals surface area contributed by atoms with Gasteiger partial charge in [0.1, 0.15) is 11.6 Å². The molecule has 0 atom stereocenters. The summed E-state index contributed by atoms with van der Waals surface area (Å²) in [5.41, 5.74) is 0.0623. The van der Waals surface area contributed by atoms with E-state index in [0.29, 0.717) is 0 Å². The van der Waals surface area contributed by atoms with Crippen molar-refractivity contribution in [3.8, 4) is 0 Å². The second-order valence-electron chi connectivity index (χ2n) is 5.51. The lowest BCUT2D eigenvalue weighted by atomic mass is 10.2. The van der Waals surface area contributed by atoms with Crippen LogP contribution in [0.25, 0.3) is 0 Å². The molecular weight excluding hydrogens is 298 g/mol. The molecule has 4 nitrogen and oxygen atoms in total. The third-order valence-corrected chi connectivity index (χ3v) is 5.77. The van der Waals surface area contributed by atoms with Crippen LogP contribution in [-0.4, -0.2) is 37.2 Å². The Morgan fingerprint density at radius 1 is 1.19 bits per heavy atom. The van der Waals surface area contributed by atoms with Crippen LogP contribution in [0.2, 0.25) is 0 Å². The summed E-state index contributed by atoms with van der Waals surface area (Å²) in [5, 5.41) is 0. The van der Waals surface area contributed by atoms with Gasteiger partial charge in [0.25, 0.3) is 10.2 Å². The Morgan fingerprint density at radius 2 is 1.81 bits per heavy atom. The van der Waals surface area contributed by atoms with Crippen LogP contribution in [0.15, 0.2) is 18.2 Å². The molecule has 1 aliphatic carbocycles. The van der Waals surface area contributed by atoms with Crippen LogP contribution in [0.1, 0.15) is 31.2 Å². The highest BCUT2D eigenvalue weighted by atomic mass is 32.2. The van der Waals surface area contributed by atoms with Crippen LogP contribution in [-0.2, 0) is 16.8 Å². The molecule has 0 aliphatic heterocycles. The van der Waals surface area contributed by atoms with E-state index in [0.717, 1.165) is 48.2 Å². The molecule has 0 N–H and O–H groups in total. The smallest absolute Gasteiger partial charge is 0.207 e. The largest absolute Gasteiger partial charge is 0.282 e. The van der Waals surface area contributed by atoms with Crippen molar-refractivity contribution in [3.05, 3.63) is 35.4 Å². The van der Waals surface area contributed by atoms with Crippen LogP contribution >= 0.6 is 0 Å². The topological polar surface area (TPSA) is 40.6 Å². The van der Waals surface area contributed by atoms with Gasteiger partial charge >= 0.3 is 0 Å². The molecule has 1 aromatic carbocycles. The second-order valence-corrected chi connectivity index (χ2v) is 7.60. The van der Waals surface area contributed by atoms with Gasteiger partial charge in [0.2, 0.25) is 0 Å². The molecule has 0 saturated heterocycles. The SMILES string of the molecule is CN(C)S(=O)(=O)N(Cc1cc(F)ccc1F)C1CCCC1. The Bertz CT molecular complexity index is 599. The first-order chi connectivity index (χ1) is 9.82. The van der Waals surface area contributed by atoms with Crippen molar-refractivity contribution >= 4 is 10.2 Å². The summed E-state index contributed by atoms with van der Waals surface area (Å²) in [6, 6.07) is 2.96. The summed E-state index contributed by atoms with van der Waals surface area (Å²) in [7, 11) is -0.785. The third kappa shape index (κ3) is 3.59. The van der Waals surface area contributed by atoms with Gasteiger partial charge in [-0.3, -0.25) is 0 Å². The normalized spacial score (nSPS) is 17.0. The van der Waals surface area contributed by atoms with Crippen LogP contribution in [0.5, 0.6) is 0 Å². The molecule has 0 bridgehead atoms. The van der Waals surface area contributed by atoms with Crippen LogP contribution in [0.4, 0.5) is 8.78 Å². The van der Waals surface area contributed by atoms with Gasteiger partial charge in [0.15, 0.2) is 0 Å². The van der Waals surface area contributed by atoms with Gasteiger partial charge in [-0.25, -0.2) is 8.78 Å². The molecule has 7 heteroatoms. The van der Waals surface area contributed by atoms with E-state index in [1.165, 1.54) is 18.4 Å². The summed E-state index contributed by atoms with van der Waals surface area (Å²) >= 11 is 0. The predicted octanol–water partition coefficient (Wildman–Crippen LogP) is 2.52. The predicted molar refractivity (Wildman–Crippen MR) is 76.8 cm³/mol. The summed E-state index contributed by atoms with van der Waals surface area (Å²) in [4.78, 5) is 0. The molecule has 0 aromatic heterocycles. The van der Waals surface area contributed by atoms with Crippen molar-refractivity contribution in [3.63, 3.8) is 0 Å². The minimum Gasteiger partial charge on any atom is -0.207 e. The van der Waals surface area contributed by atoms with Gasteiger partial charge in [0.05, 0.1) is 0 Å². The lowest BCUT2D eigenvalue weighted by molar-refractivity contribution is 0.292. The van der Waals surface area contributed by atoms with Gasteiger partial charge in [-0.1, -0.05) is 12.8 Å². The molecule has 0 amide bonds. The second kappa shape index (κ2) is 6.37. The van der Waals surface area contributed by atoms with E-state index >= 15 is 0 Å². The van der Waals surface area contributed by atoms with Crippen LogP contribution in [0.3, 0.4) is 0 Å². The van der Waals surface area contributed by atoms with Gasteiger partial charge in [-0.05, 0) is 31.0 Å². The molecular formula is C14H20F2N2O2S. The number of nitrogens with zero attached hydrogens (tertiary/aromatic N) is 2. The Kier molecular flexibility index (Phi) is 4.95. The molecule has 2 rings (SSSR count). The third-order valence-electron chi connectivity index (χ3n) is 3.82. The highest BCUT2D eigenvalue weighted by Gasteiger charge is 2.34. The lowest BCUT2D eigenvalue weighted by Crippen LogP contribution is -2.44. The fourth-order valence-electron chi connectivity index (χ4n) is 2.63. The summed E-state index contributed by atoms with van der Waals surface area (Å²) in [6.07, 6.45) is 3.42. The minimum atomic E-state index is -3.67. The molecule has 118 valence electrons. The van der Waals surface area contributed by atoms with E-state index in [1.54, 1.807) is 0 Å². The quantitative estimate of drug-likeness (QED) is 0.837. The fraction of sp³-hybridized carbons (Fsp3) is 0.571. The first kappa shape index (κ1) is 16.3. The Labute approximate surface area is 124 Å². The standard InChI is InChI=1S/C14H20F2N2O2S/c1-17(2)21(19,20)18(13-5-3-4-6-13)10-11-9-12(15)7-8-14(11)16/h7-9,13H,3-6,10H2,1-2H3. The highest BCUT2D eigenvalue weighted by Crippen LogP contribution is 2.28. The molecule has 0 unspecified atom stereocenters. The van der Waals surface area contributed by atoms with E-state index in [-0.39, 0.29) is 18.2 Å². The van der Waals surface area contributed by atoms with Crippen LogP contribution < -0.4 is 0 Å². The molecule has 0 radical (unpaired) electrons. The van der Waals surface area contributed by atoms with Gasteiger partial charge in [-0.15, -0.1) is 0 Å². The first-order valence-corrected chi connectivity index (χ1v) is 8.35. The maximum atomic E-state index is 13.8. The number of benzene rings is 1. The van der Waals surface area contributed by atoms with E-state index in [1.807, 2.05) is 0 Å². The fourth-order valence-corrected chi connectivity index (χ4v) is 3.94. The summed E-state index contributed by atoms with van der Waals surface area (Å²) < 4.78 is 54.4. The van der Waals surface area contributed by atoms with Crippen molar-refractivity contribution < 1.29 is 17.2 Å². The van der Waals surface area contributed by atoms with Gasteiger partial charge in [-0.2, -0.15) is 17.0 Å². The zero-order valence-corrected chi connectivity index (χ0v) is 13.0. The molecule has 0 spiro atoms. The van der Waals surface area contributed by atoms with E-state index in [4.69, 9.17) is 0 Å². The van der Waals surface area contributed by atoms with E-state index < -0.39 is 21.8 Å². The lowest BCUT2D eigenvalue weighted by Gasteiger charge is -2.30. The van der Waals surface area contributed by atoms with Crippen LogP contribution in [0, 0.1) is 11.6 Å². The highest BCUT2D eigenvalue weighted by molar-refractivity contribution is 7.86. The Hall–Kier alpha value is -1.05. The zero-order chi connectivity index (χ0) is 15.6. The molecule has 1 aliphatic rings. The minimum absolute atomic E-state index is 0.0623. The monoisotopic (exact) mass is 318 g/mol. The zero-order valence-electron chi connectivity index (χ0n) is 12.2. The average Bonchev–Trinajstić information content (AvgIpc) is 2.92. The Morgan fingerprint density at radius 3 is 2.38 bits per heavy atom. The summed E-state index contributed by atoms with van der Waals surface area (Å²) in [5.74, 6) is -1.16. The number of hydrogen-bond donors (Lipinski definition) is 0. The molecule has 21 heavy (non-hydrogen) atoms. The van der Waals surface area contributed by atoms with E-state index in [2.05, 4.69) is 0 Å². The average molecular weight is 318 g/mol. The molecule has 1 fully saturated rings. The number of rotatable bonds is 5. The van der Waals surface area contributed by atoms with Crippen molar-refractivity contribution in [2.45, 2.75) is 38.3 Å². The van der Waals surface area contributed by atoms with Crippen molar-refractivity contribution in [1.29, 1.82) is 0 Å². The van der Waals surface area contributed by atoms with Gasteiger partial charge < -0.3 is 0 Å². The Balaban J connectivity index is 2.34. The van der Waals surface area contributed by atoms with E-state index in [9.17, 15) is 17.2 Å². The van der Waals surface area contributed by atoms with Crippen molar-refractivity contribution in [2.75, 3.05) is 14.1 Å². The maximum Gasteiger partial charge on any atom is 0.282 e. The first-order valence-electron chi connectivity index (χ1n) is 6.95. The number of halogens is 2.